The summed E-state index contributed by atoms with van der Waals surface area (Å²) in [5.74, 6) is 0.501. The van der Waals surface area contributed by atoms with Gasteiger partial charge < -0.3 is 14.4 Å². The SMILES string of the molecule is C=C(C(C)=O)C1OB(O)c2ccc(OC)cc21. The van der Waals surface area contributed by atoms with Crippen molar-refractivity contribution in [3.63, 3.8) is 0 Å². The van der Waals surface area contributed by atoms with Crippen LogP contribution in [0.2, 0.25) is 0 Å². The lowest BCUT2D eigenvalue weighted by Gasteiger charge is -2.13. The molecular weight excluding hydrogens is 219 g/mol. The molecule has 0 spiro atoms. The number of Topliss-reactive ketones (excluding diaryl/α,β-unsaturated/α-hetero) is 1. The molecule has 0 amide bonds. The number of hydrogen-bond acceptors (Lipinski definition) is 4. The van der Waals surface area contributed by atoms with Crippen LogP contribution < -0.4 is 10.2 Å². The van der Waals surface area contributed by atoms with Gasteiger partial charge in [0.2, 0.25) is 0 Å². The second-order valence-corrected chi connectivity index (χ2v) is 3.94. The summed E-state index contributed by atoms with van der Waals surface area (Å²) < 4.78 is 10.4. The summed E-state index contributed by atoms with van der Waals surface area (Å²) in [6.07, 6.45) is -0.590. The average molecular weight is 232 g/mol. The van der Waals surface area contributed by atoms with Crippen molar-refractivity contribution >= 4 is 18.4 Å². The Hall–Kier alpha value is -1.59. The fourth-order valence-electron chi connectivity index (χ4n) is 1.86. The Balaban J connectivity index is 2.44. The van der Waals surface area contributed by atoms with Gasteiger partial charge in [0, 0.05) is 5.57 Å². The monoisotopic (exact) mass is 232 g/mol. The Labute approximate surface area is 100 Å². The molecule has 0 saturated carbocycles. The predicted molar refractivity (Wildman–Crippen MR) is 64.2 cm³/mol. The molecule has 1 aromatic carbocycles. The molecule has 17 heavy (non-hydrogen) atoms. The van der Waals surface area contributed by atoms with Crippen LogP contribution in [0.15, 0.2) is 30.4 Å². The fraction of sp³-hybridized carbons (Fsp3) is 0.250. The van der Waals surface area contributed by atoms with Crippen LogP contribution in [0.5, 0.6) is 5.75 Å². The second kappa shape index (κ2) is 4.35. The number of methoxy groups -OCH3 is 1. The molecule has 0 fully saturated rings. The number of carbonyl (C=O) groups is 1. The first kappa shape index (κ1) is 11.9. The van der Waals surface area contributed by atoms with Gasteiger partial charge in [-0.25, -0.2) is 0 Å². The topological polar surface area (TPSA) is 55.8 Å². The molecule has 0 radical (unpaired) electrons. The van der Waals surface area contributed by atoms with E-state index in [1.807, 2.05) is 0 Å². The van der Waals surface area contributed by atoms with Gasteiger partial charge >= 0.3 is 7.12 Å². The number of ether oxygens (including phenoxy) is 1. The van der Waals surface area contributed by atoms with Gasteiger partial charge in [-0.05, 0) is 30.1 Å². The first-order chi connectivity index (χ1) is 8.04. The van der Waals surface area contributed by atoms with Crippen LogP contribution in [0.3, 0.4) is 0 Å². The number of hydrogen-bond donors (Lipinski definition) is 1. The van der Waals surface area contributed by atoms with Gasteiger partial charge in [-0.15, -0.1) is 0 Å². The van der Waals surface area contributed by atoms with Crippen LogP contribution >= 0.6 is 0 Å². The average Bonchev–Trinajstić information content (AvgIpc) is 2.65. The van der Waals surface area contributed by atoms with Gasteiger partial charge in [0.05, 0.1) is 13.2 Å². The van der Waals surface area contributed by atoms with Gasteiger partial charge in [-0.2, -0.15) is 0 Å². The molecule has 1 N–H and O–H groups in total. The number of carbonyl (C=O) groups excluding carboxylic acids is 1. The molecule has 1 aromatic rings. The molecule has 0 aliphatic carbocycles. The molecular formula is C12H13BO4. The Morgan fingerprint density at radius 2 is 2.29 bits per heavy atom. The molecule has 4 nitrogen and oxygen atoms in total. The van der Waals surface area contributed by atoms with E-state index in [4.69, 9.17) is 9.39 Å². The van der Waals surface area contributed by atoms with E-state index in [-0.39, 0.29) is 5.78 Å². The maximum atomic E-state index is 11.3. The molecule has 0 aromatic heterocycles. The van der Waals surface area contributed by atoms with E-state index in [9.17, 15) is 9.82 Å². The van der Waals surface area contributed by atoms with Crippen LogP contribution in [0.4, 0.5) is 0 Å². The third-order valence-electron chi connectivity index (χ3n) is 2.88. The van der Waals surface area contributed by atoms with Crippen LogP contribution in [0.1, 0.15) is 18.6 Å². The molecule has 1 aliphatic rings. The zero-order chi connectivity index (χ0) is 12.6. The Bertz CT molecular complexity index is 483. The highest BCUT2D eigenvalue weighted by Gasteiger charge is 2.37. The maximum absolute atomic E-state index is 11.3. The standard InChI is InChI=1S/C12H13BO4/c1-7(8(2)14)12-10-6-9(16-3)4-5-11(10)13(15)17-12/h4-6,12,15H,1H2,2-3H3. The molecule has 0 bridgehead atoms. The van der Waals surface area contributed by atoms with Gasteiger partial charge in [0.1, 0.15) is 5.75 Å². The fourth-order valence-corrected chi connectivity index (χ4v) is 1.86. The summed E-state index contributed by atoms with van der Waals surface area (Å²) in [6, 6.07) is 5.22. The first-order valence-corrected chi connectivity index (χ1v) is 5.25. The van der Waals surface area contributed by atoms with E-state index in [1.54, 1.807) is 25.3 Å². The van der Waals surface area contributed by atoms with Crippen molar-refractivity contribution in [2.75, 3.05) is 7.11 Å². The van der Waals surface area contributed by atoms with E-state index < -0.39 is 13.2 Å². The van der Waals surface area contributed by atoms with E-state index in [2.05, 4.69) is 6.58 Å². The first-order valence-electron chi connectivity index (χ1n) is 5.25. The summed E-state index contributed by atoms with van der Waals surface area (Å²) in [5, 5.41) is 9.73. The van der Waals surface area contributed by atoms with Crippen LogP contribution in [0.25, 0.3) is 0 Å². The molecule has 1 aliphatic heterocycles. The van der Waals surface area contributed by atoms with Crippen LogP contribution in [0, 0.1) is 0 Å². The number of fused-ring (bicyclic) bond motifs is 1. The van der Waals surface area contributed by atoms with Gasteiger partial charge in [-0.3, -0.25) is 4.79 Å². The molecule has 5 heteroatoms. The lowest BCUT2D eigenvalue weighted by molar-refractivity contribution is -0.114. The van der Waals surface area contributed by atoms with E-state index in [1.165, 1.54) is 6.92 Å². The van der Waals surface area contributed by atoms with Crippen LogP contribution in [-0.2, 0) is 9.45 Å². The van der Waals surface area contributed by atoms with Gasteiger partial charge in [0.15, 0.2) is 5.78 Å². The summed E-state index contributed by atoms with van der Waals surface area (Å²) >= 11 is 0. The molecule has 1 unspecified atom stereocenters. The zero-order valence-electron chi connectivity index (χ0n) is 9.77. The summed E-state index contributed by atoms with van der Waals surface area (Å²) in [5.41, 5.74) is 1.71. The van der Waals surface area contributed by atoms with Crippen molar-refractivity contribution in [2.24, 2.45) is 0 Å². The van der Waals surface area contributed by atoms with E-state index in [0.29, 0.717) is 16.8 Å². The minimum atomic E-state index is -1.02. The van der Waals surface area contributed by atoms with Crippen molar-refractivity contribution in [3.8, 4) is 5.75 Å². The summed E-state index contributed by atoms with van der Waals surface area (Å²) in [7, 11) is 0.542. The smallest absolute Gasteiger partial charge is 0.492 e. The lowest BCUT2D eigenvalue weighted by Crippen LogP contribution is -2.27. The Morgan fingerprint density at radius 3 is 2.88 bits per heavy atom. The van der Waals surface area contributed by atoms with Crippen LogP contribution in [-0.4, -0.2) is 25.0 Å². The predicted octanol–water partition coefficient (Wildman–Crippen LogP) is 0.599. The molecule has 1 atom stereocenters. The van der Waals surface area contributed by atoms with Gasteiger partial charge in [0.25, 0.3) is 0 Å². The van der Waals surface area contributed by atoms with Crippen molar-refractivity contribution in [2.45, 2.75) is 13.0 Å². The molecule has 0 saturated heterocycles. The normalized spacial score (nSPS) is 17.8. The molecule has 88 valence electrons. The van der Waals surface area contributed by atoms with Crippen molar-refractivity contribution in [1.29, 1.82) is 0 Å². The summed E-state index contributed by atoms with van der Waals surface area (Å²) in [4.78, 5) is 11.3. The van der Waals surface area contributed by atoms with E-state index in [0.717, 1.165) is 5.56 Å². The second-order valence-electron chi connectivity index (χ2n) is 3.94. The van der Waals surface area contributed by atoms with Crippen molar-refractivity contribution < 1.29 is 19.2 Å². The third-order valence-corrected chi connectivity index (χ3v) is 2.88. The maximum Gasteiger partial charge on any atom is 0.492 e. The molecule has 2 rings (SSSR count). The Kier molecular flexibility index (Phi) is 3.04. The van der Waals surface area contributed by atoms with Crippen molar-refractivity contribution in [3.05, 3.63) is 35.9 Å². The minimum absolute atomic E-state index is 0.155. The minimum Gasteiger partial charge on any atom is -0.497 e. The quantitative estimate of drug-likeness (QED) is 0.612. The number of ketones is 1. The number of benzene rings is 1. The van der Waals surface area contributed by atoms with Crippen molar-refractivity contribution in [1.82, 2.24) is 0 Å². The largest absolute Gasteiger partial charge is 0.497 e. The number of rotatable bonds is 3. The highest BCUT2D eigenvalue weighted by molar-refractivity contribution is 6.61. The third kappa shape index (κ3) is 1.99. The Morgan fingerprint density at radius 1 is 1.59 bits per heavy atom. The molecule has 1 heterocycles. The highest BCUT2D eigenvalue weighted by atomic mass is 16.5. The highest BCUT2D eigenvalue weighted by Crippen LogP contribution is 2.31. The zero-order valence-corrected chi connectivity index (χ0v) is 9.77. The summed E-state index contributed by atoms with van der Waals surface area (Å²) in [6.45, 7) is 5.13. The van der Waals surface area contributed by atoms with E-state index >= 15 is 0 Å². The lowest BCUT2D eigenvalue weighted by atomic mass is 9.79. The van der Waals surface area contributed by atoms with Gasteiger partial charge in [-0.1, -0.05) is 12.6 Å².